The molecule has 0 radical (unpaired) electrons. The standard InChI is InChI=1S/C27H23N5OS/c1-18-8-12-20(13-9-18)23-16-34-27(32(23)22-6-4-3-5-7-22)31-25-24(28-17-29-25)26(33)30-21-14-10-19(2)11-15-21/h3-17H,1-2H3,(H,28,29)(H,30,33). The molecule has 3 aromatic carbocycles. The molecule has 5 aromatic rings. The molecule has 0 bridgehead atoms. The van der Waals surface area contributed by atoms with Gasteiger partial charge in [0.2, 0.25) is 0 Å². The first-order valence-electron chi connectivity index (χ1n) is 10.9. The fourth-order valence-corrected chi connectivity index (χ4v) is 4.51. The Bertz CT molecular complexity index is 1490. The van der Waals surface area contributed by atoms with Gasteiger partial charge in [0, 0.05) is 16.8 Å². The number of H-pyrrole nitrogens is 1. The topological polar surface area (TPSA) is 75.1 Å². The molecule has 0 atom stereocenters. The van der Waals surface area contributed by atoms with Crippen molar-refractivity contribution in [2.75, 3.05) is 5.32 Å². The Kier molecular flexibility index (Phi) is 5.93. The molecule has 0 fully saturated rings. The van der Waals surface area contributed by atoms with E-state index in [1.54, 1.807) is 0 Å². The first-order chi connectivity index (χ1) is 16.6. The highest BCUT2D eigenvalue weighted by molar-refractivity contribution is 7.07. The predicted octanol–water partition coefficient (Wildman–Crippen LogP) is 6.03. The zero-order valence-electron chi connectivity index (χ0n) is 18.8. The van der Waals surface area contributed by atoms with E-state index < -0.39 is 0 Å². The molecule has 0 aliphatic heterocycles. The number of aromatic nitrogens is 3. The molecule has 0 spiro atoms. The molecule has 0 aliphatic carbocycles. The quantitative estimate of drug-likeness (QED) is 0.332. The highest BCUT2D eigenvalue weighted by Crippen LogP contribution is 2.25. The van der Waals surface area contributed by atoms with E-state index in [4.69, 9.17) is 4.99 Å². The number of amides is 1. The third-order valence-corrected chi connectivity index (χ3v) is 6.25. The number of thiazole rings is 1. The van der Waals surface area contributed by atoms with Crippen LogP contribution >= 0.6 is 11.3 Å². The average Bonchev–Trinajstić information content (AvgIpc) is 3.49. The summed E-state index contributed by atoms with van der Waals surface area (Å²) in [5, 5.41) is 4.99. The largest absolute Gasteiger partial charge is 0.339 e. The van der Waals surface area contributed by atoms with Gasteiger partial charge in [-0.05, 0) is 43.7 Å². The first-order valence-corrected chi connectivity index (χ1v) is 11.8. The van der Waals surface area contributed by atoms with Crippen molar-refractivity contribution in [1.82, 2.24) is 14.5 Å². The molecule has 2 heterocycles. The Labute approximate surface area is 201 Å². The monoisotopic (exact) mass is 465 g/mol. The third-order valence-electron chi connectivity index (χ3n) is 5.43. The first kappa shape index (κ1) is 21.6. The minimum atomic E-state index is -0.290. The summed E-state index contributed by atoms with van der Waals surface area (Å²) in [6.07, 6.45) is 1.49. The minimum Gasteiger partial charge on any atom is -0.339 e. The van der Waals surface area contributed by atoms with Crippen molar-refractivity contribution < 1.29 is 4.79 Å². The van der Waals surface area contributed by atoms with Crippen molar-refractivity contribution in [3.8, 4) is 16.9 Å². The van der Waals surface area contributed by atoms with Crippen LogP contribution in [0.1, 0.15) is 21.6 Å². The number of benzene rings is 3. The number of hydrogen-bond donors (Lipinski definition) is 2. The fraction of sp³-hybridized carbons (Fsp3) is 0.0741. The number of carbonyl (C=O) groups excluding carboxylic acids is 1. The van der Waals surface area contributed by atoms with Gasteiger partial charge < -0.3 is 10.3 Å². The van der Waals surface area contributed by atoms with Crippen molar-refractivity contribution in [3.63, 3.8) is 0 Å². The van der Waals surface area contributed by atoms with E-state index in [0.29, 0.717) is 17.2 Å². The smallest absolute Gasteiger partial charge is 0.276 e. The Morgan fingerprint density at radius 2 is 1.62 bits per heavy atom. The Balaban J connectivity index is 1.57. The maximum absolute atomic E-state index is 12.9. The zero-order chi connectivity index (χ0) is 23.5. The summed E-state index contributed by atoms with van der Waals surface area (Å²) >= 11 is 1.50. The van der Waals surface area contributed by atoms with Crippen LogP contribution in [0.5, 0.6) is 0 Å². The molecule has 0 saturated heterocycles. The van der Waals surface area contributed by atoms with Crippen LogP contribution in [0.15, 0.2) is 95.6 Å². The number of rotatable bonds is 5. The number of carbonyl (C=O) groups is 1. The van der Waals surface area contributed by atoms with E-state index >= 15 is 0 Å². The van der Waals surface area contributed by atoms with Gasteiger partial charge in [-0.2, -0.15) is 4.99 Å². The van der Waals surface area contributed by atoms with E-state index in [0.717, 1.165) is 27.3 Å². The predicted molar refractivity (Wildman–Crippen MR) is 137 cm³/mol. The van der Waals surface area contributed by atoms with E-state index in [9.17, 15) is 4.79 Å². The minimum absolute atomic E-state index is 0.290. The van der Waals surface area contributed by atoms with Gasteiger partial charge in [-0.1, -0.05) is 65.7 Å². The van der Waals surface area contributed by atoms with E-state index in [-0.39, 0.29) is 5.91 Å². The summed E-state index contributed by atoms with van der Waals surface area (Å²) in [6, 6.07) is 26.1. The van der Waals surface area contributed by atoms with Gasteiger partial charge in [0.1, 0.15) is 0 Å². The van der Waals surface area contributed by atoms with Crippen molar-refractivity contribution in [2.45, 2.75) is 13.8 Å². The SMILES string of the molecule is Cc1ccc(NC(=O)c2[nH]cnc2N=c2scc(-c3ccc(C)cc3)n2-c2ccccc2)cc1. The van der Waals surface area contributed by atoms with Gasteiger partial charge in [-0.25, -0.2) is 4.98 Å². The van der Waals surface area contributed by atoms with Crippen molar-refractivity contribution in [3.05, 3.63) is 112 Å². The molecule has 0 aliphatic rings. The van der Waals surface area contributed by atoms with Crippen molar-refractivity contribution in [2.24, 2.45) is 4.99 Å². The highest BCUT2D eigenvalue weighted by Gasteiger charge is 2.16. The van der Waals surface area contributed by atoms with Gasteiger partial charge in [-0.3, -0.25) is 9.36 Å². The maximum atomic E-state index is 12.9. The second kappa shape index (κ2) is 9.33. The Morgan fingerprint density at radius 3 is 2.32 bits per heavy atom. The molecule has 2 N–H and O–H groups in total. The van der Waals surface area contributed by atoms with E-state index in [1.165, 1.54) is 23.2 Å². The molecule has 0 saturated carbocycles. The number of anilines is 1. The lowest BCUT2D eigenvalue weighted by Crippen LogP contribution is -2.15. The van der Waals surface area contributed by atoms with E-state index in [1.807, 2.05) is 61.5 Å². The van der Waals surface area contributed by atoms with Crippen LogP contribution in [0, 0.1) is 13.8 Å². The van der Waals surface area contributed by atoms with E-state index in [2.05, 4.69) is 56.4 Å². The number of aryl methyl sites for hydroxylation is 2. The normalized spacial score (nSPS) is 11.5. The number of aromatic amines is 1. The molecule has 6 nitrogen and oxygen atoms in total. The molecule has 34 heavy (non-hydrogen) atoms. The van der Waals surface area contributed by atoms with Crippen LogP contribution in [0.3, 0.4) is 0 Å². The molecular weight excluding hydrogens is 442 g/mol. The second-order valence-electron chi connectivity index (χ2n) is 7.97. The Hall–Kier alpha value is -4.23. The van der Waals surface area contributed by atoms with Gasteiger partial charge in [0.15, 0.2) is 16.3 Å². The molecule has 0 unspecified atom stereocenters. The summed E-state index contributed by atoms with van der Waals surface area (Å²) in [5.41, 5.74) is 6.46. The number of para-hydroxylation sites is 1. The van der Waals surface area contributed by atoms with Crippen LogP contribution in [-0.4, -0.2) is 20.4 Å². The van der Waals surface area contributed by atoms with Crippen molar-refractivity contribution in [1.29, 1.82) is 0 Å². The summed E-state index contributed by atoms with van der Waals surface area (Å²) in [5.74, 6) is 0.0493. The van der Waals surface area contributed by atoms with Crippen LogP contribution in [0.2, 0.25) is 0 Å². The van der Waals surface area contributed by atoms with Crippen LogP contribution in [-0.2, 0) is 0 Å². The lowest BCUT2D eigenvalue weighted by molar-refractivity contribution is 0.102. The van der Waals surface area contributed by atoms with Crippen LogP contribution in [0.25, 0.3) is 16.9 Å². The maximum Gasteiger partial charge on any atom is 0.276 e. The number of imidazole rings is 1. The highest BCUT2D eigenvalue weighted by atomic mass is 32.1. The lowest BCUT2D eigenvalue weighted by Gasteiger charge is -2.09. The second-order valence-corrected chi connectivity index (χ2v) is 8.81. The Morgan fingerprint density at radius 1 is 0.941 bits per heavy atom. The fourth-order valence-electron chi connectivity index (χ4n) is 3.60. The number of nitrogens with one attached hydrogen (secondary N) is 2. The summed E-state index contributed by atoms with van der Waals surface area (Å²) in [7, 11) is 0. The van der Waals surface area contributed by atoms with Gasteiger partial charge in [0.05, 0.1) is 12.0 Å². The molecular formula is C27H23N5OS. The molecule has 168 valence electrons. The van der Waals surface area contributed by atoms with Gasteiger partial charge in [0.25, 0.3) is 5.91 Å². The summed E-state index contributed by atoms with van der Waals surface area (Å²) in [6.45, 7) is 4.08. The molecule has 1 amide bonds. The number of nitrogens with zero attached hydrogens (tertiary/aromatic N) is 3. The van der Waals surface area contributed by atoms with Crippen LogP contribution in [0.4, 0.5) is 11.5 Å². The average molecular weight is 466 g/mol. The zero-order valence-corrected chi connectivity index (χ0v) is 19.6. The third kappa shape index (κ3) is 4.46. The van der Waals surface area contributed by atoms with Crippen molar-refractivity contribution >= 4 is 28.7 Å². The number of hydrogen-bond acceptors (Lipinski definition) is 4. The molecule has 2 aromatic heterocycles. The molecule has 7 heteroatoms. The van der Waals surface area contributed by atoms with Crippen LogP contribution < -0.4 is 10.1 Å². The summed E-state index contributed by atoms with van der Waals surface area (Å²) < 4.78 is 2.09. The van der Waals surface area contributed by atoms with Gasteiger partial charge >= 0.3 is 0 Å². The lowest BCUT2D eigenvalue weighted by atomic mass is 10.1. The molecule has 5 rings (SSSR count). The summed E-state index contributed by atoms with van der Waals surface area (Å²) in [4.78, 5) is 25.7. The van der Waals surface area contributed by atoms with Gasteiger partial charge in [-0.15, -0.1) is 11.3 Å².